The van der Waals surface area contributed by atoms with Gasteiger partial charge in [-0.3, -0.25) is 0 Å². The van der Waals surface area contributed by atoms with Gasteiger partial charge in [-0.05, 0) is 19.1 Å². The van der Waals surface area contributed by atoms with Gasteiger partial charge in [0.2, 0.25) is 5.95 Å². The summed E-state index contributed by atoms with van der Waals surface area (Å²) in [6, 6.07) is 8.36. The molecule has 0 unspecified atom stereocenters. The van der Waals surface area contributed by atoms with Crippen LogP contribution in [0.25, 0.3) is 0 Å². The van der Waals surface area contributed by atoms with Gasteiger partial charge in [0, 0.05) is 37.7 Å². The van der Waals surface area contributed by atoms with Crippen molar-refractivity contribution in [1.82, 2.24) is 9.97 Å². The first-order valence-electron chi connectivity index (χ1n) is 8.54. The van der Waals surface area contributed by atoms with E-state index in [9.17, 15) is 4.39 Å². The lowest BCUT2D eigenvalue weighted by molar-refractivity contribution is -0.169. The number of rotatable bonds is 3. The maximum Gasteiger partial charge on any atom is 0.227 e. The summed E-state index contributed by atoms with van der Waals surface area (Å²) in [5.41, 5.74) is 1.23. The van der Waals surface area contributed by atoms with E-state index in [-0.39, 0.29) is 5.82 Å². The van der Waals surface area contributed by atoms with E-state index in [0.717, 1.165) is 31.6 Å². The Kier molecular flexibility index (Phi) is 4.27. The molecule has 0 bridgehead atoms. The third-order valence-corrected chi connectivity index (χ3v) is 4.60. The Morgan fingerprint density at radius 3 is 2.56 bits per heavy atom. The first-order valence-corrected chi connectivity index (χ1v) is 8.54. The quantitative estimate of drug-likeness (QED) is 0.924. The SMILES string of the molecule is Cc1cc(Nc2ccccc2F)nc(N2CCC3(CC2)OCCO3)n1. The molecule has 1 N–H and O–H groups in total. The van der Waals surface area contributed by atoms with E-state index in [2.05, 4.69) is 20.2 Å². The number of nitrogens with one attached hydrogen (secondary N) is 1. The summed E-state index contributed by atoms with van der Waals surface area (Å²) in [5, 5.41) is 3.04. The van der Waals surface area contributed by atoms with Gasteiger partial charge in [-0.2, -0.15) is 4.98 Å². The van der Waals surface area contributed by atoms with Crippen LogP contribution in [0, 0.1) is 12.7 Å². The molecule has 1 aromatic carbocycles. The third-order valence-electron chi connectivity index (χ3n) is 4.60. The van der Waals surface area contributed by atoms with E-state index < -0.39 is 5.79 Å². The lowest BCUT2D eigenvalue weighted by Gasteiger charge is -2.37. The Balaban J connectivity index is 1.51. The summed E-state index contributed by atoms with van der Waals surface area (Å²) in [7, 11) is 0. The van der Waals surface area contributed by atoms with Crippen molar-refractivity contribution in [3.8, 4) is 0 Å². The van der Waals surface area contributed by atoms with E-state index in [1.165, 1.54) is 6.07 Å². The Morgan fingerprint density at radius 1 is 1.12 bits per heavy atom. The van der Waals surface area contributed by atoms with Crippen LogP contribution in [0.3, 0.4) is 0 Å². The molecule has 0 saturated carbocycles. The highest BCUT2D eigenvalue weighted by molar-refractivity contribution is 5.58. The normalized spacial score (nSPS) is 19.4. The molecule has 7 heteroatoms. The minimum atomic E-state index is -0.422. The zero-order valence-corrected chi connectivity index (χ0v) is 14.2. The summed E-state index contributed by atoms with van der Waals surface area (Å²) in [6.45, 7) is 4.77. The van der Waals surface area contributed by atoms with Crippen molar-refractivity contribution < 1.29 is 13.9 Å². The molecule has 1 spiro atoms. The van der Waals surface area contributed by atoms with E-state index in [1.807, 2.05) is 13.0 Å². The summed E-state index contributed by atoms with van der Waals surface area (Å²) >= 11 is 0. The van der Waals surface area contributed by atoms with Crippen LogP contribution in [0.5, 0.6) is 0 Å². The van der Waals surface area contributed by atoms with Gasteiger partial charge in [-0.25, -0.2) is 9.37 Å². The van der Waals surface area contributed by atoms with Gasteiger partial charge in [0.15, 0.2) is 5.79 Å². The summed E-state index contributed by atoms with van der Waals surface area (Å²) in [4.78, 5) is 11.2. The number of aromatic nitrogens is 2. The molecule has 132 valence electrons. The van der Waals surface area contributed by atoms with Crippen molar-refractivity contribution in [2.75, 3.05) is 36.5 Å². The number of hydrogen-bond donors (Lipinski definition) is 1. The Morgan fingerprint density at radius 2 is 1.84 bits per heavy atom. The number of para-hydroxylation sites is 1. The second-order valence-electron chi connectivity index (χ2n) is 6.39. The van der Waals surface area contributed by atoms with Crippen LogP contribution in [0.15, 0.2) is 30.3 Å². The molecule has 25 heavy (non-hydrogen) atoms. The Bertz CT molecular complexity index is 754. The minimum Gasteiger partial charge on any atom is -0.347 e. The smallest absolute Gasteiger partial charge is 0.227 e. The number of benzene rings is 1. The molecule has 2 aromatic rings. The van der Waals surface area contributed by atoms with Gasteiger partial charge < -0.3 is 19.7 Å². The second kappa shape index (κ2) is 6.57. The summed E-state index contributed by atoms with van der Waals surface area (Å²) < 4.78 is 25.4. The predicted molar refractivity (Wildman–Crippen MR) is 92.5 cm³/mol. The second-order valence-corrected chi connectivity index (χ2v) is 6.39. The molecular weight excluding hydrogens is 323 g/mol. The molecular formula is C18H21FN4O2. The summed E-state index contributed by atoms with van der Waals surface area (Å²) in [5.74, 6) is 0.498. The maximum atomic E-state index is 13.9. The van der Waals surface area contributed by atoms with Crippen molar-refractivity contribution >= 4 is 17.5 Å². The molecule has 0 radical (unpaired) electrons. The molecule has 1 aromatic heterocycles. The van der Waals surface area contributed by atoms with Crippen LogP contribution >= 0.6 is 0 Å². The van der Waals surface area contributed by atoms with Crippen LogP contribution in [-0.2, 0) is 9.47 Å². The van der Waals surface area contributed by atoms with Gasteiger partial charge in [0.1, 0.15) is 11.6 Å². The van der Waals surface area contributed by atoms with Crippen molar-refractivity contribution in [2.24, 2.45) is 0 Å². The van der Waals surface area contributed by atoms with Crippen LogP contribution in [0.2, 0.25) is 0 Å². The molecule has 3 heterocycles. The van der Waals surface area contributed by atoms with Crippen molar-refractivity contribution in [3.05, 3.63) is 41.8 Å². The molecule has 2 aliphatic rings. The lowest BCUT2D eigenvalue weighted by atomic mass is 10.0. The number of hydrogen-bond acceptors (Lipinski definition) is 6. The number of piperidine rings is 1. The van der Waals surface area contributed by atoms with Gasteiger partial charge in [-0.15, -0.1) is 0 Å². The van der Waals surface area contributed by atoms with E-state index >= 15 is 0 Å². The fraction of sp³-hybridized carbons (Fsp3) is 0.444. The molecule has 0 aliphatic carbocycles. The highest BCUT2D eigenvalue weighted by Gasteiger charge is 2.40. The molecule has 6 nitrogen and oxygen atoms in total. The maximum absolute atomic E-state index is 13.9. The first-order chi connectivity index (χ1) is 12.1. The zero-order valence-electron chi connectivity index (χ0n) is 14.2. The number of aryl methyl sites for hydroxylation is 1. The van der Waals surface area contributed by atoms with Crippen LogP contribution in [0.1, 0.15) is 18.5 Å². The zero-order chi connectivity index (χ0) is 17.3. The number of halogens is 1. The number of ether oxygens (including phenoxy) is 2. The average Bonchev–Trinajstić information content (AvgIpc) is 3.05. The average molecular weight is 344 g/mol. The Labute approximate surface area is 146 Å². The third kappa shape index (κ3) is 3.43. The molecule has 0 amide bonds. The van der Waals surface area contributed by atoms with Gasteiger partial charge in [0.05, 0.1) is 18.9 Å². The monoisotopic (exact) mass is 344 g/mol. The van der Waals surface area contributed by atoms with E-state index in [0.29, 0.717) is 30.7 Å². The highest BCUT2D eigenvalue weighted by atomic mass is 19.1. The predicted octanol–water partition coefficient (Wildman–Crippen LogP) is 3.01. The van der Waals surface area contributed by atoms with E-state index in [4.69, 9.17) is 9.47 Å². The first kappa shape index (κ1) is 16.2. The fourth-order valence-electron chi connectivity index (χ4n) is 3.29. The van der Waals surface area contributed by atoms with Crippen LogP contribution < -0.4 is 10.2 Å². The van der Waals surface area contributed by atoms with Crippen LogP contribution in [-0.4, -0.2) is 42.1 Å². The number of anilines is 3. The molecule has 0 atom stereocenters. The Hall–Kier alpha value is -2.25. The molecule has 2 fully saturated rings. The standard InChI is InChI=1S/C18H21FN4O2/c1-13-12-16(21-15-5-3-2-4-14(15)19)22-17(20-13)23-8-6-18(7-9-23)24-10-11-25-18/h2-5,12H,6-11H2,1H3,(H,20,21,22). The molecule has 2 aliphatic heterocycles. The topological polar surface area (TPSA) is 59.5 Å². The summed E-state index contributed by atoms with van der Waals surface area (Å²) in [6.07, 6.45) is 1.58. The molecule has 2 saturated heterocycles. The van der Waals surface area contributed by atoms with E-state index in [1.54, 1.807) is 18.2 Å². The highest BCUT2D eigenvalue weighted by Crippen LogP contribution is 2.32. The fourth-order valence-corrected chi connectivity index (χ4v) is 3.29. The van der Waals surface area contributed by atoms with Gasteiger partial charge >= 0.3 is 0 Å². The number of nitrogens with zero attached hydrogens (tertiary/aromatic N) is 3. The largest absolute Gasteiger partial charge is 0.347 e. The van der Waals surface area contributed by atoms with Gasteiger partial charge in [-0.1, -0.05) is 12.1 Å². The van der Waals surface area contributed by atoms with Crippen molar-refractivity contribution in [2.45, 2.75) is 25.6 Å². The van der Waals surface area contributed by atoms with Crippen molar-refractivity contribution in [1.29, 1.82) is 0 Å². The van der Waals surface area contributed by atoms with Crippen molar-refractivity contribution in [3.63, 3.8) is 0 Å². The van der Waals surface area contributed by atoms with Gasteiger partial charge in [0.25, 0.3) is 0 Å². The van der Waals surface area contributed by atoms with Crippen LogP contribution in [0.4, 0.5) is 21.8 Å². The lowest BCUT2D eigenvalue weighted by Crippen LogP contribution is -2.45. The minimum absolute atomic E-state index is 0.309. The molecule has 4 rings (SSSR count).